The van der Waals surface area contributed by atoms with Crippen LogP contribution in [0.5, 0.6) is 5.75 Å². The highest BCUT2D eigenvalue weighted by molar-refractivity contribution is 7.80. The number of anilines is 2. The van der Waals surface area contributed by atoms with Gasteiger partial charge in [-0.05, 0) is 24.3 Å². The average Bonchev–Trinajstić information content (AvgIpc) is 2.63. The molecule has 0 atom stereocenters. The van der Waals surface area contributed by atoms with E-state index in [4.69, 9.17) is 4.74 Å². The van der Waals surface area contributed by atoms with Crippen LogP contribution < -0.4 is 15.0 Å². The van der Waals surface area contributed by atoms with E-state index in [1.807, 2.05) is 53.4 Å². The van der Waals surface area contributed by atoms with E-state index in [0.29, 0.717) is 13.1 Å². The number of methoxy groups -OCH3 is 1. The summed E-state index contributed by atoms with van der Waals surface area (Å²) in [7, 11) is 1.68. The molecule has 2 aromatic rings. The van der Waals surface area contributed by atoms with Gasteiger partial charge in [0, 0.05) is 31.1 Å². The summed E-state index contributed by atoms with van der Waals surface area (Å²) in [6, 6.07) is 15.4. The topological polar surface area (TPSA) is 44.8 Å². The van der Waals surface area contributed by atoms with Crippen molar-refractivity contribution in [2.24, 2.45) is 0 Å². The highest BCUT2D eigenvalue weighted by Gasteiger charge is 2.23. The third-order valence-electron chi connectivity index (χ3n) is 4.14. The molecule has 126 valence electrons. The largest absolute Gasteiger partial charge is 0.495 e. The summed E-state index contributed by atoms with van der Waals surface area (Å²) in [6.45, 7) is 2.88. The summed E-state index contributed by atoms with van der Waals surface area (Å²) >= 11 is 4.37. The van der Waals surface area contributed by atoms with E-state index in [1.54, 1.807) is 7.11 Å². The van der Waals surface area contributed by atoms with Crippen LogP contribution >= 0.6 is 12.6 Å². The Morgan fingerprint density at radius 2 is 1.71 bits per heavy atom. The standard InChI is InChI=1S/C18H21N3O2S/c1-23-16-8-4-3-7-15(16)20-10-12-21(13-11-20)18(22)19-14-6-2-5-9-17(14)24/h2-9,24H,10-13H2,1H3,(H,19,22). The van der Waals surface area contributed by atoms with Gasteiger partial charge in [-0.2, -0.15) is 0 Å². The summed E-state index contributed by atoms with van der Waals surface area (Å²) in [6.07, 6.45) is 0. The van der Waals surface area contributed by atoms with Crippen LogP contribution in [0.2, 0.25) is 0 Å². The van der Waals surface area contributed by atoms with Gasteiger partial charge < -0.3 is 19.9 Å². The normalized spacial score (nSPS) is 14.4. The lowest BCUT2D eigenvalue weighted by atomic mass is 10.2. The van der Waals surface area contributed by atoms with E-state index in [2.05, 4.69) is 22.8 Å². The second-order valence-electron chi connectivity index (χ2n) is 5.59. The van der Waals surface area contributed by atoms with Crippen molar-refractivity contribution in [1.29, 1.82) is 0 Å². The number of hydrogen-bond acceptors (Lipinski definition) is 4. The lowest BCUT2D eigenvalue weighted by Crippen LogP contribution is -2.50. The maximum atomic E-state index is 12.4. The lowest BCUT2D eigenvalue weighted by molar-refractivity contribution is 0.208. The molecule has 0 bridgehead atoms. The number of nitrogens with zero attached hydrogens (tertiary/aromatic N) is 2. The SMILES string of the molecule is COc1ccccc1N1CCN(C(=O)Nc2ccccc2S)CC1. The van der Waals surface area contributed by atoms with Crippen molar-refractivity contribution in [3.63, 3.8) is 0 Å². The van der Waals surface area contributed by atoms with Gasteiger partial charge in [0.15, 0.2) is 0 Å². The van der Waals surface area contributed by atoms with Crippen molar-refractivity contribution in [3.8, 4) is 5.75 Å². The number of urea groups is 1. The molecule has 2 aromatic carbocycles. The first-order valence-electron chi connectivity index (χ1n) is 7.91. The van der Waals surface area contributed by atoms with Crippen molar-refractivity contribution in [2.75, 3.05) is 43.5 Å². The van der Waals surface area contributed by atoms with Crippen LogP contribution in [0, 0.1) is 0 Å². The molecule has 1 saturated heterocycles. The van der Waals surface area contributed by atoms with Gasteiger partial charge in [0.1, 0.15) is 5.75 Å². The Bertz CT molecular complexity index is 715. The first-order valence-corrected chi connectivity index (χ1v) is 8.35. The molecule has 2 amide bonds. The summed E-state index contributed by atoms with van der Waals surface area (Å²) in [5, 5.41) is 2.92. The van der Waals surface area contributed by atoms with Crippen molar-refractivity contribution < 1.29 is 9.53 Å². The van der Waals surface area contributed by atoms with Gasteiger partial charge in [0.2, 0.25) is 0 Å². The maximum absolute atomic E-state index is 12.4. The number of nitrogens with one attached hydrogen (secondary N) is 1. The average molecular weight is 343 g/mol. The highest BCUT2D eigenvalue weighted by atomic mass is 32.1. The molecule has 0 aromatic heterocycles. The minimum Gasteiger partial charge on any atom is -0.495 e. The Balaban J connectivity index is 1.61. The van der Waals surface area contributed by atoms with Gasteiger partial charge in [0.05, 0.1) is 18.5 Å². The quantitative estimate of drug-likeness (QED) is 0.840. The second-order valence-corrected chi connectivity index (χ2v) is 6.08. The third kappa shape index (κ3) is 3.59. The van der Waals surface area contributed by atoms with E-state index in [9.17, 15) is 4.79 Å². The fourth-order valence-corrected chi connectivity index (χ4v) is 3.03. The van der Waals surface area contributed by atoms with Gasteiger partial charge in [-0.25, -0.2) is 4.79 Å². The molecule has 0 unspecified atom stereocenters. The summed E-state index contributed by atoms with van der Waals surface area (Å²) in [5.41, 5.74) is 1.80. The summed E-state index contributed by atoms with van der Waals surface area (Å²) in [4.78, 5) is 17.3. The number of para-hydroxylation sites is 3. The molecule has 5 nitrogen and oxygen atoms in total. The first kappa shape index (κ1) is 16.5. The van der Waals surface area contributed by atoms with Gasteiger partial charge in [-0.1, -0.05) is 24.3 Å². The lowest BCUT2D eigenvalue weighted by Gasteiger charge is -2.36. The van der Waals surface area contributed by atoms with Crippen LogP contribution in [0.1, 0.15) is 0 Å². The van der Waals surface area contributed by atoms with Crippen LogP contribution in [0.25, 0.3) is 0 Å². The van der Waals surface area contributed by atoms with Crippen molar-refractivity contribution in [1.82, 2.24) is 4.90 Å². The van der Waals surface area contributed by atoms with E-state index >= 15 is 0 Å². The number of ether oxygens (including phenoxy) is 1. The van der Waals surface area contributed by atoms with Gasteiger partial charge in [0.25, 0.3) is 0 Å². The summed E-state index contributed by atoms with van der Waals surface area (Å²) in [5.74, 6) is 0.861. The Kier molecular flexibility index (Phi) is 5.15. The molecule has 0 spiro atoms. The van der Waals surface area contributed by atoms with Gasteiger partial charge in [-0.3, -0.25) is 0 Å². The molecule has 1 heterocycles. The number of carbonyl (C=O) groups excluding carboxylic acids is 1. The summed E-state index contributed by atoms with van der Waals surface area (Å²) < 4.78 is 5.42. The zero-order chi connectivity index (χ0) is 16.9. The predicted molar refractivity (Wildman–Crippen MR) is 99.5 cm³/mol. The molecule has 1 aliphatic heterocycles. The molecule has 6 heteroatoms. The molecule has 0 saturated carbocycles. The van der Waals surface area contributed by atoms with Crippen LogP contribution in [0.4, 0.5) is 16.2 Å². The predicted octanol–water partition coefficient (Wildman–Crippen LogP) is 3.34. The number of thiol groups is 1. The van der Waals surface area contributed by atoms with Crippen LogP contribution in [-0.4, -0.2) is 44.2 Å². The number of piperazine rings is 1. The van der Waals surface area contributed by atoms with E-state index in [0.717, 1.165) is 35.1 Å². The maximum Gasteiger partial charge on any atom is 0.321 e. The first-order chi connectivity index (χ1) is 11.7. The fourth-order valence-electron chi connectivity index (χ4n) is 2.82. The molecule has 0 aliphatic carbocycles. The third-order valence-corrected chi connectivity index (χ3v) is 4.53. The number of benzene rings is 2. The highest BCUT2D eigenvalue weighted by Crippen LogP contribution is 2.28. The van der Waals surface area contributed by atoms with Crippen molar-refractivity contribution in [2.45, 2.75) is 4.90 Å². The molecular formula is C18H21N3O2S. The Morgan fingerprint density at radius 3 is 2.42 bits per heavy atom. The van der Waals surface area contributed by atoms with Crippen LogP contribution in [-0.2, 0) is 0 Å². The number of rotatable bonds is 3. The van der Waals surface area contributed by atoms with Gasteiger partial charge in [-0.15, -0.1) is 12.6 Å². The van der Waals surface area contributed by atoms with Crippen LogP contribution in [0.3, 0.4) is 0 Å². The second kappa shape index (κ2) is 7.49. The number of carbonyl (C=O) groups is 1. The number of hydrogen-bond donors (Lipinski definition) is 2. The van der Waals surface area contributed by atoms with Crippen LogP contribution in [0.15, 0.2) is 53.4 Å². The molecule has 24 heavy (non-hydrogen) atoms. The molecule has 1 aliphatic rings. The minimum atomic E-state index is -0.0869. The van der Waals surface area contributed by atoms with E-state index in [1.165, 1.54) is 0 Å². The van der Waals surface area contributed by atoms with Crippen molar-refractivity contribution in [3.05, 3.63) is 48.5 Å². The molecule has 1 N–H and O–H groups in total. The van der Waals surface area contributed by atoms with E-state index in [-0.39, 0.29) is 6.03 Å². The Labute approximate surface area is 147 Å². The monoisotopic (exact) mass is 343 g/mol. The number of amides is 2. The zero-order valence-electron chi connectivity index (χ0n) is 13.6. The Hall–Kier alpha value is -2.34. The smallest absolute Gasteiger partial charge is 0.321 e. The minimum absolute atomic E-state index is 0.0869. The fraction of sp³-hybridized carbons (Fsp3) is 0.278. The van der Waals surface area contributed by atoms with Crippen molar-refractivity contribution >= 4 is 30.0 Å². The molecule has 3 rings (SSSR count). The molecule has 1 fully saturated rings. The molecular weight excluding hydrogens is 322 g/mol. The van der Waals surface area contributed by atoms with E-state index < -0.39 is 0 Å². The van der Waals surface area contributed by atoms with Gasteiger partial charge >= 0.3 is 6.03 Å². The zero-order valence-corrected chi connectivity index (χ0v) is 14.5. The Morgan fingerprint density at radius 1 is 1.04 bits per heavy atom. The molecule has 0 radical (unpaired) electrons.